The van der Waals surface area contributed by atoms with Gasteiger partial charge in [0.15, 0.2) is 0 Å². The number of halogens is 1. The fourth-order valence-corrected chi connectivity index (χ4v) is 14.3. The molecule has 0 saturated heterocycles. The van der Waals surface area contributed by atoms with E-state index < -0.39 is 13.6 Å². The van der Waals surface area contributed by atoms with Crippen LogP contribution in [0.15, 0.2) is 103 Å². The van der Waals surface area contributed by atoms with Crippen LogP contribution in [0.1, 0.15) is 22.3 Å². The molecule has 188 valence electrons. The second-order valence-electron chi connectivity index (χ2n) is 9.00. The number of benzene rings is 4. The Morgan fingerprint density at radius 2 is 0.694 bits per heavy atom. The minimum absolute atomic E-state index is 0. The van der Waals surface area contributed by atoms with Gasteiger partial charge in [-0.2, -0.15) is 0 Å². The van der Waals surface area contributed by atoms with Crippen molar-refractivity contribution < 1.29 is 31.2 Å². The van der Waals surface area contributed by atoms with Gasteiger partial charge in [-0.05, 0) is 0 Å². The van der Waals surface area contributed by atoms with Gasteiger partial charge in [0.25, 0.3) is 0 Å². The van der Waals surface area contributed by atoms with Gasteiger partial charge in [-0.3, -0.25) is 0 Å². The Bertz CT molecular complexity index is 1060. The van der Waals surface area contributed by atoms with E-state index in [1.54, 1.807) is 21.3 Å². The average molecular weight is 609 g/mol. The molecule has 0 amide bonds. The third kappa shape index (κ3) is 7.66. The monoisotopic (exact) mass is 608 g/mol. The molecule has 0 aliphatic heterocycles. The van der Waals surface area contributed by atoms with Crippen molar-refractivity contribution in [2.45, 2.75) is 20.8 Å². The summed E-state index contributed by atoms with van der Waals surface area (Å²) in [6, 6.07) is 36.9. The number of hydrogen-bond donors (Lipinski definition) is 0. The largest absolute Gasteiger partial charge is 1.00 e. The van der Waals surface area contributed by atoms with Gasteiger partial charge in [-0.15, -0.1) is 0 Å². The van der Waals surface area contributed by atoms with E-state index in [-0.39, 0.29) is 17.0 Å². The first-order chi connectivity index (χ1) is 17.1. The Balaban J connectivity index is 0.00000361. The molecule has 5 heteroatoms. The van der Waals surface area contributed by atoms with Crippen LogP contribution in [-0.2, 0) is 20.8 Å². The second-order valence-corrected chi connectivity index (χ2v) is 17.3. The maximum atomic E-state index is 5.42. The maximum Gasteiger partial charge on any atom is -1.00 e. The van der Waals surface area contributed by atoms with Crippen molar-refractivity contribution in [3.05, 3.63) is 125 Å². The molecule has 4 rings (SSSR count). The van der Waals surface area contributed by atoms with Crippen molar-refractivity contribution >= 4 is 13.6 Å². The van der Waals surface area contributed by atoms with Crippen LogP contribution in [-0.4, -0.2) is 34.9 Å². The minimum atomic E-state index is -2.42. The molecule has 3 nitrogen and oxygen atoms in total. The molecule has 0 heterocycles. The second kappa shape index (κ2) is 13.6. The molecule has 0 aliphatic rings. The van der Waals surface area contributed by atoms with E-state index in [0.29, 0.717) is 0 Å². The summed E-state index contributed by atoms with van der Waals surface area (Å²) in [4.78, 5) is 0. The van der Waals surface area contributed by atoms with Crippen LogP contribution in [0.5, 0.6) is 17.2 Å². The Morgan fingerprint density at radius 3 is 0.972 bits per heavy atom. The molecule has 0 radical (unpaired) electrons. The number of hydrogen-bond acceptors (Lipinski definition) is 3. The van der Waals surface area contributed by atoms with Crippen molar-refractivity contribution in [1.29, 1.82) is 0 Å². The Morgan fingerprint density at radius 1 is 0.417 bits per heavy atom. The first-order valence-corrected chi connectivity index (χ1v) is 17.2. The van der Waals surface area contributed by atoms with E-state index in [9.17, 15) is 0 Å². The van der Waals surface area contributed by atoms with Crippen LogP contribution in [0.4, 0.5) is 0 Å². The summed E-state index contributed by atoms with van der Waals surface area (Å²) in [5.41, 5.74) is 5.58. The van der Waals surface area contributed by atoms with Crippen LogP contribution in [0.2, 0.25) is 0 Å². The first-order valence-electron chi connectivity index (χ1n) is 11.9. The van der Waals surface area contributed by atoms with Gasteiger partial charge in [-0.25, -0.2) is 0 Å². The fraction of sp³-hybridized carbons (Fsp3) is 0.226. The fourth-order valence-electron chi connectivity index (χ4n) is 4.66. The topological polar surface area (TPSA) is 27.7 Å². The summed E-state index contributed by atoms with van der Waals surface area (Å²) in [7, 11) is 5.16. The summed E-state index contributed by atoms with van der Waals surface area (Å²) in [5, 5.41) is 4.50. The molecule has 0 N–H and O–H groups in total. The quantitative estimate of drug-likeness (QED) is 0.244. The van der Waals surface area contributed by atoms with Crippen molar-refractivity contribution in [3.63, 3.8) is 0 Å². The molecule has 0 saturated carbocycles. The van der Waals surface area contributed by atoms with E-state index in [2.05, 4.69) is 103 Å². The van der Waals surface area contributed by atoms with Crippen molar-refractivity contribution in [3.8, 4) is 17.2 Å². The molecule has 0 unspecified atom stereocenters. The van der Waals surface area contributed by atoms with E-state index in [1.807, 2.05) is 0 Å². The number of rotatable bonds is 11. The maximum absolute atomic E-state index is 5.42. The number of methoxy groups -OCH3 is 3. The molecule has 36 heavy (non-hydrogen) atoms. The van der Waals surface area contributed by atoms with Gasteiger partial charge in [0.2, 0.25) is 0 Å². The number of ether oxygens (including phenoxy) is 3. The van der Waals surface area contributed by atoms with Crippen molar-refractivity contribution in [1.82, 2.24) is 0 Å². The van der Waals surface area contributed by atoms with Crippen molar-refractivity contribution in [2.24, 2.45) is 0 Å². The predicted octanol–water partition coefficient (Wildman–Crippen LogP) is 3.59. The van der Waals surface area contributed by atoms with Crippen LogP contribution in [0.25, 0.3) is 0 Å². The smallest absolute Gasteiger partial charge is 1.00 e. The van der Waals surface area contributed by atoms with Crippen molar-refractivity contribution in [2.75, 3.05) is 21.3 Å². The molecule has 0 aromatic heterocycles. The summed E-state index contributed by atoms with van der Waals surface area (Å²) in [5.74, 6) is 2.70. The third-order valence-electron chi connectivity index (χ3n) is 6.39. The van der Waals surface area contributed by atoms with Gasteiger partial charge >= 0.3 is 213 Å². The van der Waals surface area contributed by atoms with E-state index in [1.165, 1.54) is 22.3 Å². The molecule has 0 aliphatic carbocycles. The van der Waals surface area contributed by atoms with E-state index >= 15 is 0 Å². The summed E-state index contributed by atoms with van der Waals surface area (Å²) in [6.45, 7) is 0. The SMILES string of the molecule is COc1ccc(C[As+](Cc2ccccc2)(Cc2ccc(OC)cc2)Cc2ccc(OC)cc2)cc1.[Br-]. The zero-order valence-corrected chi connectivity index (χ0v) is 24.7. The summed E-state index contributed by atoms with van der Waals surface area (Å²) in [6.07, 6.45) is 0. The van der Waals surface area contributed by atoms with Gasteiger partial charge < -0.3 is 17.0 Å². The Hall–Kier alpha value is -2.68. The summed E-state index contributed by atoms with van der Waals surface area (Å²) < 4.78 is 16.3. The zero-order chi connectivity index (χ0) is 24.5. The Labute approximate surface area is 228 Å². The average Bonchev–Trinajstić information content (AvgIpc) is 2.90. The van der Waals surface area contributed by atoms with Crippen LogP contribution < -0.4 is 31.2 Å². The molecular weight excluding hydrogens is 575 g/mol. The van der Waals surface area contributed by atoms with Gasteiger partial charge in [-0.1, -0.05) is 0 Å². The zero-order valence-electron chi connectivity index (χ0n) is 21.2. The third-order valence-corrected chi connectivity index (χ3v) is 15.1. The molecule has 0 spiro atoms. The van der Waals surface area contributed by atoms with Gasteiger partial charge in [0, 0.05) is 0 Å². The first kappa shape index (κ1) is 27.9. The summed E-state index contributed by atoms with van der Waals surface area (Å²) >= 11 is -2.42. The van der Waals surface area contributed by atoms with Crippen LogP contribution >= 0.6 is 0 Å². The molecular formula is C31H34AsBrO3. The van der Waals surface area contributed by atoms with Gasteiger partial charge in [0.05, 0.1) is 0 Å². The van der Waals surface area contributed by atoms with Crippen LogP contribution in [0.3, 0.4) is 0 Å². The molecule has 0 bridgehead atoms. The Kier molecular flexibility index (Phi) is 10.5. The molecule has 4 aromatic carbocycles. The molecule has 4 aromatic rings. The van der Waals surface area contributed by atoms with E-state index in [4.69, 9.17) is 14.2 Å². The molecule has 0 atom stereocenters. The normalized spacial score (nSPS) is 10.9. The van der Waals surface area contributed by atoms with Crippen LogP contribution in [0, 0.1) is 0 Å². The predicted molar refractivity (Wildman–Crippen MR) is 146 cm³/mol. The van der Waals surface area contributed by atoms with E-state index in [0.717, 1.165) is 38.1 Å². The standard InChI is InChI=1S/C31H34AsO3.BrH/c1-33-29-15-9-26(10-16-29)22-32(21-25-7-5-4-6-8-25,23-27-11-17-30(34-2)18-12-27)24-28-13-19-31(35-3)20-14-28;/h4-20H,21-24H2,1-3H3;1H/q+1;/p-1. The molecule has 0 fully saturated rings. The van der Waals surface area contributed by atoms with Gasteiger partial charge in [0.1, 0.15) is 0 Å². The minimum Gasteiger partial charge on any atom is -1.00 e.